The van der Waals surface area contributed by atoms with E-state index in [2.05, 4.69) is 5.32 Å². The van der Waals surface area contributed by atoms with Gasteiger partial charge in [-0.1, -0.05) is 12.1 Å². The molecule has 3 aliphatic rings. The van der Waals surface area contributed by atoms with E-state index in [9.17, 15) is 19.2 Å². The molecule has 9 nitrogen and oxygen atoms in total. The van der Waals surface area contributed by atoms with E-state index >= 15 is 0 Å². The van der Waals surface area contributed by atoms with Crippen LogP contribution in [0.4, 0.5) is 16.2 Å². The Bertz CT molecular complexity index is 1490. The number of thioether (sulfide) groups is 1. The highest BCUT2D eigenvalue weighted by Gasteiger charge is 2.33. The summed E-state index contributed by atoms with van der Waals surface area (Å²) in [4.78, 5) is 52.9. The summed E-state index contributed by atoms with van der Waals surface area (Å²) in [6.07, 6.45) is 2.03. The highest BCUT2D eigenvalue weighted by atomic mass is 32.2. The first-order chi connectivity index (χ1) is 17.0. The lowest BCUT2D eigenvalue weighted by Gasteiger charge is -2.20. The average molecular weight is 493 g/mol. The molecule has 180 valence electrons. The Morgan fingerprint density at radius 2 is 2.00 bits per heavy atom. The van der Waals surface area contributed by atoms with Crippen molar-refractivity contribution in [2.75, 3.05) is 22.5 Å². The molecule has 1 saturated heterocycles. The number of hydrogen-bond acceptors (Lipinski definition) is 6. The predicted molar refractivity (Wildman–Crippen MR) is 133 cm³/mol. The molecule has 10 heteroatoms. The van der Waals surface area contributed by atoms with Gasteiger partial charge in [0, 0.05) is 23.7 Å². The first-order valence-electron chi connectivity index (χ1n) is 11.8. The second-order valence-corrected chi connectivity index (χ2v) is 10.1. The zero-order valence-electron chi connectivity index (χ0n) is 19.0. The lowest BCUT2D eigenvalue weighted by Crippen LogP contribution is -2.41. The Balaban J connectivity index is 1.16. The minimum atomic E-state index is -0.440. The summed E-state index contributed by atoms with van der Waals surface area (Å²) in [6, 6.07) is 11.2. The first-order valence-corrected chi connectivity index (χ1v) is 12.8. The molecule has 4 heterocycles. The molecule has 6 rings (SSSR count). The smallest absolute Gasteiger partial charge is 0.414 e. The average Bonchev–Trinajstić information content (AvgIpc) is 3.24. The number of hydrogen-bond donors (Lipinski definition) is 1. The number of nitrogens with zero attached hydrogens (tertiary/aromatic N) is 3. The van der Waals surface area contributed by atoms with Gasteiger partial charge in [0.2, 0.25) is 5.91 Å². The summed E-state index contributed by atoms with van der Waals surface area (Å²) in [6.45, 7) is 1.26. The second-order valence-electron chi connectivity index (χ2n) is 9.08. The fourth-order valence-corrected chi connectivity index (χ4v) is 5.98. The van der Waals surface area contributed by atoms with Crippen LogP contribution in [-0.2, 0) is 29.0 Å². The van der Waals surface area contributed by atoms with Crippen LogP contribution in [0, 0.1) is 0 Å². The van der Waals surface area contributed by atoms with Crippen molar-refractivity contribution in [3.8, 4) is 0 Å². The third-order valence-electron chi connectivity index (χ3n) is 6.84. The first kappa shape index (κ1) is 22.0. The quantitative estimate of drug-likeness (QED) is 0.588. The third kappa shape index (κ3) is 3.81. The maximum Gasteiger partial charge on any atom is 0.414 e. The Morgan fingerprint density at radius 3 is 2.89 bits per heavy atom. The van der Waals surface area contributed by atoms with Crippen molar-refractivity contribution in [2.45, 2.75) is 49.8 Å². The number of aromatic nitrogens is 2. The predicted octanol–water partition coefficient (Wildman–Crippen LogP) is 2.96. The number of cyclic esters (lactones) is 1. The van der Waals surface area contributed by atoms with Gasteiger partial charge in [-0.25, -0.2) is 9.59 Å². The van der Waals surface area contributed by atoms with Crippen molar-refractivity contribution in [1.82, 2.24) is 9.13 Å². The standard InChI is InChI=1S/C25H24N4O5S/c30-21-14-35-20-9-8-16(12-19(20)26-21)29-13-17(34-25(29)33)6-3-11-28-23(31)18-7-1-4-15-5-2-10-27(22(15)18)24(28)32/h1,4,7-9,12,17H,2-3,5-6,10-11,13-14H2,(H,26,30)/t17-/m0/s1. The Morgan fingerprint density at radius 1 is 1.11 bits per heavy atom. The number of nitrogens with one attached hydrogen (secondary N) is 1. The number of rotatable bonds is 5. The third-order valence-corrected chi connectivity index (χ3v) is 7.92. The Hall–Kier alpha value is -3.53. The number of aryl methyl sites for hydroxylation is 2. The van der Waals surface area contributed by atoms with E-state index in [4.69, 9.17) is 4.74 Å². The molecule has 3 aliphatic heterocycles. The van der Waals surface area contributed by atoms with E-state index in [0.717, 1.165) is 28.8 Å². The maximum atomic E-state index is 13.1. The van der Waals surface area contributed by atoms with E-state index in [-0.39, 0.29) is 29.8 Å². The summed E-state index contributed by atoms with van der Waals surface area (Å²) in [5, 5.41) is 3.42. The van der Waals surface area contributed by atoms with Gasteiger partial charge in [0.1, 0.15) is 6.10 Å². The number of amides is 2. The van der Waals surface area contributed by atoms with Gasteiger partial charge in [-0.2, -0.15) is 0 Å². The molecule has 2 amide bonds. The van der Waals surface area contributed by atoms with Gasteiger partial charge in [0.25, 0.3) is 5.56 Å². The van der Waals surface area contributed by atoms with Crippen LogP contribution >= 0.6 is 11.8 Å². The Labute approximate surface area is 204 Å². The van der Waals surface area contributed by atoms with Gasteiger partial charge in [-0.15, -0.1) is 11.8 Å². The number of fused-ring (bicyclic) bond motifs is 1. The topological polar surface area (TPSA) is 103 Å². The number of anilines is 2. The fourth-order valence-electron chi connectivity index (χ4n) is 5.19. The molecular weight excluding hydrogens is 468 g/mol. The van der Waals surface area contributed by atoms with Crippen molar-refractivity contribution in [1.29, 1.82) is 0 Å². The van der Waals surface area contributed by atoms with Gasteiger partial charge in [0.15, 0.2) is 0 Å². The van der Waals surface area contributed by atoms with Gasteiger partial charge >= 0.3 is 11.8 Å². The number of ether oxygens (including phenoxy) is 1. The van der Waals surface area contributed by atoms with Gasteiger partial charge in [-0.3, -0.25) is 23.6 Å². The molecule has 0 bridgehead atoms. The summed E-state index contributed by atoms with van der Waals surface area (Å²) in [5.41, 5.74) is 2.65. The minimum absolute atomic E-state index is 0.0632. The molecular formula is C25H24N4O5S. The van der Waals surface area contributed by atoms with Gasteiger partial charge in [-0.05, 0) is 55.5 Å². The second kappa shape index (κ2) is 8.60. The highest BCUT2D eigenvalue weighted by molar-refractivity contribution is 8.00. The monoisotopic (exact) mass is 492 g/mol. The van der Waals surface area contributed by atoms with Crippen molar-refractivity contribution in [2.24, 2.45) is 0 Å². The fraction of sp³-hybridized carbons (Fsp3) is 0.360. The van der Waals surface area contributed by atoms with Crippen LogP contribution in [0.3, 0.4) is 0 Å². The van der Waals surface area contributed by atoms with Crippen LogP contribution in [0.25, 0.3) is 10.9 Å². The van der Waals surface area contributed by atoms with Crippen LogP contribution in [-0.4, -0.2) is 39.5 Å². The lowest BCUT2D eigenvalue weighted by atomic mass is 10.0. The molecule has 1 N–H and O–H groups in total. The molecule has 3 aromatic rings. The number of benzene rings is 2. The van der Waals surface area contributed by atoms with Gasteiger partial charge in [0.05, 0.1) is 28.9 Å². The van der Waals surface area contributed by atoms with Crippen molar-refractivity contribution in [3.63, 3.8) is 0 Å². The molecule has 35 heavy (non-hydrogen) atoms. The van der Waals surface area contributed by atoms with Crippen molar-refractivity contribution < 1.29 is 14.3 Å². The highest BCUT2D eigenvalue weighted by Crippen LogP contribution is 2.35. The number of para-hydroxylation sites is 1. The largest absolute Gasteiger partial charge is 0.444 e. The normalized spacial score (nSPS) is 19.0. The zero-order valence-corrected chi connectivity index (χ0v) is 19.8. The molecule has 1 fully saturated rings. The zero-order chi connectivity index (χ0) is 24.1. The number of carbonyl (C=O) groups is 2. The molecule has 2 aromatic carbocycles. The van der Waals surface area contributed by atoms with E-state index < -0.39 is 6.09 Å². The van der Waals surface area contributed by atoms with Crippen LogP contribution in [0.2, 0.25) is 0 Å². The molecule has 0 radical (unpaired) electrons. The van der Waals surface area contributed by atoms with Crippen molar-refractivity contribution in [3.05, 3.63) is 62.8 Å². The van der Waals surface area contributed by atoms with E-state index in [1.165, 1.54) is 16.3 Å². The van der Waals surface area contributed by atoms with Crippen LogP contribution in [0.15, 0.2) is 50.9 Å². The van der Waals surface area contributed by atoms with Crippen LogP contribution < -0.4 is 21.5 Å². The van der Waals surface area contributed by atoms with E-state index in [0.29, 0.717) is 48.4 Å². The minimum Gasteiger partial charge on any atom is -0.444 e. The molecule has 0 spiro atoms. The summed E-state index contributed by atoms with van der Waals surface area (Å²) in [5.74, 6) is 0.318. The lowest BCUT2D eigenvalue weighted by molar-refractivity contribution is -0.113. The number of carbonyl (C=O) groups excluding carboxylic acids is 2. The molecule has 0 unspecified atom stereocenters. The summed E-state index contributed by atoms with van der Waals surface area (Å²) >= 11 is 1.47. The summed E-state index contributed by atoms with van der Waals surface area (Å²) in [7, 11) is 0. The van der Waals surface area contributed by atoms with Crippen LogP contribution in [0.1, 0.15) is 24.8 Å². The van der Waals surface area contributed by atoms with E-state index in [1.54, 1.807) is 21.6 Å². The summed E-state index contributed by atoms with van der Waals surface area (Å²) < 4.78 is 8.59. The molecule has 1 aromatic heterocycles. The van der Waals surface area contributed by atoms with Crippen molar-refractivity contribution >= 4 is 46.0 Å². The van der Waals surface area contributed by atoms with Crippen LogP contribution in [0.5, 0.6) is 0 Å². The van der Waals surface area contributed by atoms with Gasteiger partial charge < -0.3 is 10.1 Å². The molecule has 0 aliphatic carbocycles. The molecule has 1 atom stereocenters. The Kier molecular flexibility index (Phi) is 5.40. The SMILES string of the molecule is O=C1CSc2ccc(N3C[C@H](CCCn4c(=O)c5cccc6c5n(c4=O)CCC6)OC3=O)cc2N1. The molecule has 0 saturated carbocycles. The maximum absolute atomic E-state index is 13.1. The van der Waals surface area contributed by atoms with E-state index in [1.807, 2.05) is 24.3 Å².